The molecule has 1 aromatic rings. The number of hydrogen-bond donors (Lipinski definition) is 1. The van der Waals surface area contributed by atoms with Gasteiger partial charge in [0.05, 0.1) is 0 Å². The van der Waals surface area contributed by atoms with E-state index in [1.54, 1.807) is 0 Å². The zero-order chi connectivity index (χ0) is 12.3. The lowest BCUT2D eigenvalue weighted by atomic mass is 9.92. The van der Waals surface area contributed by atoms with Gasteiger partial charge in [-0.2, -0.15) is 0 Å². The molecule has 0 radical (unpaired) electrons. The van der Waals surface area contributed by atoms with Gasteiger partial charge in [0.25, 0.3) is 0 Å². The third-order valence-corrected chi connectivity index (χ3v) is 3.14. The van der Waals surface area contributed by atoms with Gasteiger partial charge in [0.2, 0.25) is 0 Å². The van der Waals surface area contributed by atoms with Gasteiger partial charge in [0, 0.05) is 0 Å². The summed E-state index contributed by atoms with van der Waals surface area (Å²) in [6.07, 6.45) is 2.12. The minimum atomic E-state index is 0.387. The van der Waals surface area contributed by atoms with Gasteiger partial charge >= 0.3 is 0 Å². The van der Waals surface area contributed by atoms with Crippen LogP contribution in [0.25, 0.3) is 0 Å². The number of phenolic OH excluding ortho intramolecular Hbond substituents is 1. The summed E-state index contributed by atoms with van der Waals surface area (Å²) in [5, 5.41) is 10.3. The Morgan fingerprint density at radius 1 is 1.12 bits per heavy atom. The van der Waals surface area contributed by atoms with E-state index < -0.39 is 0 Å². The van der Waals surface area contributed by atoms with E-state index in [-0.39, 0.29) is 0 Å². The van der Waals surface area contributed by atoms with Crippen molar-refractivity contribution in [3.63, 3.8) is 0 Å². The van der Waals surface area contributed by atoms with Crippen LogP contribution in [0.4, 0.5) is 0 Å². The summed E-state index contributed by atoms with van der Waals surface area (Å²) in [6, 6.07) is 4.18. The van der Waals surface area contributed by atoms with Crippen molar-refractivity contribution < 1.29 is 5.11 Å². The predicted molar refractivity (Wildman–Crippen MR) is 70.1 cm³/mol. The lowest BCUT2D eigenvalue weighted by Crippen LogP contribution is -1.99. The summed E-state index contributed by atoms with van der Waals surface area (Å²) in [7, 11) is 0. The Bertz CT molecular complexity index is 351. The van der Waals surface area contributed by atoms with Crippen LogP contribution < -0.4 is 0 Å². The van der Waals surface area contributed by atoms with E-state index in [1.165, 1.54) is 5.56 Å². The lowest BCUT2D eigenvalue weighted by Gasteiger charge is -2.15. The van der Waals surface area contributed by atoms with E-state index in [9.17, 15) is 5.11 Å². The molecule has 0 aliphatic carbocycles. The molecule has 0 saturated carbocycles. The molecule has 1 nitrogen and oxygen atoms in total. The predicted octanol–water partition coefficient (Wildman–Crippen LogP) is 4.41. The monoisotopic (exact) mass is 220 g/mol. The second kappa shape index (κ2) is 5.38. The fourth-order valence-electron chi connectivity index (χ4n) is 1.97. The highest BCUT2D eigenvalue weighted by Gasteiger charge is 2.12. The zero-order valence-electron chi connectivity index (χ0n) is 11.2. The fraction of sp³-hybridized carbons (Fsp3) is 0.600. The molecule has 0 aliphatic heterocycles. The highest BCUT2D eigenvalue weighted by Crippen LogP contribution is 2.32. The van der Waals surface area contributed by atoms with Gasteiger partial charge in [-0.05, 0) is 48.3 Å². The van der Waals surface area contributed by atoms with Crippen molar-refractivity contribution in [3.8, 4) is 5.75 Å². The van der Waals surface area contributed by atoms with Crippen molar-refractivity contribution in [1.82, 2.24) is 0 Å². The van der Waals surface area contributed by atoms with E-state index in [0.29, 0.717) is 17.6 Å². The average Bonchev–Trinajstić information content (AvgIpc) is 2.16. The summed E-state index contributed by atoms with van der Waals surface area (Å²) in [5.74, 6) is 1.59. The van der Waals surface area contributed by atoms with Crippen LogP contribution in [0, 0.1) is 12.8 Å². The molecule has 1 aromatic carbocycles. The maximum Gasteiger partial charge on any atom is 0.122 e. The number of benzene rings is 1. The van der Waals surface area contributed by atoms with Crippen LogP contribution in [0.1, 0.15) is 56.7 Å². The van der Waals surface area contributed by atoms with Gasteiger partial charge in [-0.25, -0.2) is 0 Å². The number of aryl methyl sites for hydroxylation is 1. The van der Waals surface area contributed by atoms with Crippen molar-refractivity contribution in [1.29, 1.82) is 0 Å². The molecule has 1 rings (SSSR count). The van der Waals surface area contributed by atoms with Crippen LogP contribution in [0.3, 0.4) is 0 Å². The van der Waals surface area contributed by atoms with Crippen molar-refractivity contribution in [2.45, 2.75) is 53.4 Å². The molecular weight excluding hydrogens is 196 g/mol. The van der Waals surface area contributed by atoms with Crippen molar-refractivity contribution >= 4 is 0 Å². The average molecular weight is 220 g/mol. The van der Waals surface area contributed by atoms with E-state index in [1.807, 2.05) is 6.07 Å². The quantitative estimate of drug-likeness (QED) is 0.796. The van der Waals surface area contributed by atoms with Gasteiger partial charge < -0.3 is 5.11 Å². The molecule has 1 N–H and O–H groups in total. The molecule has 0 saturated heterocycles. The summed E-state index contributed by atoms with van der Waals surface area (Å²) in [4.78, 5) is 0. The van der Waals surface area contributed by atoms with Gasteiger partial charge in [-0.3, -0.25) is 0 Å². The smallest absolute Gasteiger partial charge is 0.122 e. The molecule has 0 spiro atoms. The van der Waals surface area contributed by atoms with Crippen LogP contribution in [0.2, 0.25) is 0 Å². The summed E-state index contributed by atoms with van der Waals surface area (Å²) in [5.41, 5.74) is 3.42. The summed E-state index contributed by atoms with van der Waals surface area (Å²) in [6.45, 7) is 10.8. The van der Waals surface area contributed by atoms with E-state index in [2.05, 4.69) is 40.7 Å². The molecule has 0 amide bonds. The Morgan fingerprint density at radius 2 is 1.75 bits per heavy atom. The van der Waals surface area contributed by atoms with Crippen molar-refractivity contribution in [2.75, 3.05) is 0 Å². The van der Waals surface area contributed by atoms with Crippen LogP contribution >= 0.6 is 0 Å². The van der Waals surface area contributed by atoms with E-state index >= 15 is 0 Å². The highest BCUT2D eigenvalue weighted by atomic mass is 16.3. The maximum atomic E-state index is 10.3. The molecule has 0 aromatic heterocycles. The minimum Gasteiger partial charge on any atom is -0.507 e. The number of hydrogen-bond acceptors (Lipinski definition) is 1. The second-order valence-electron chi connectivity index (χ2n) is 5.39. The van der Waals surface area contributed by atoms with Gasteiger partial charge in [0.15, 0.2) is 0 Å². The second-order valence-corrected chi connectivity index (χ2v) is 5.39. The Labute approximate surface area is 99.5 Å². The first kappa shape index (κ1) is 13.1. The third-order valence-electron chi connectivity index (χ3n) is 3.14. The fourth-order valence-corrected chi connectivity index (χ4v) is 1.97. The van der Waals surface area contributed by atoms with Crippen molar-refractivity contribution in [2.24, 2.45) is 5.92 Å². The van der Waals surface area contributed by atoms with Gasteiger partial charge in [0.1, 0.15) is 5.75 Å². The third kappa shape index (κ3) is 3.01. The molecule has 16 heavy (non-hydrogen) atoms. The number of aromatic hydroxyl groups is 1. The minimum absolute atomic E-state index is 0.387. The standard InChI is InChI=1S/C15H24O/c1-10(2)6-8-14-12(5)7-9-13(11(3)4)15(14)16/h7,9-11,16H,6,8H2,1-5H3. The molecule has 0 atom stereocenters. The van der Waals surface area contributed by atoms with Gasteiger partial charge in [-0.1, -0.05) is 39.8 Å². The lowest BCUT2D eigenvalue weighted by molar-refractivity contribution is 0.452. The SMILES string of the molecule is Cc1ccc(C(C)C)c(O)c1CCC(C)C. The first-order valence-corrected chi connectivity index (χ1v) is 6.24. The molecule has 0 fully saturated rings. The summed E-state index contributed by atoms with van der Waals surface area (Å²) < 4.78 is 0. The first-order chi connectivity index (χ1) is 7.43. The van der Waals surface area contributed by atoms with Crippen LogP contribution in [-0.2, 0) is 6.42 Å². The highest BCUT2D eigenvalue weighted by molar-refractivity contribution is 5.46. The van der Waals surface area contributed by atoms with E-state index in [0.717, 1.165) is 24.0 Å². The Morgan fingerprint density at radius 3 is 2.25 bits per heavy atom. The molecular formula is C15H24O. The van der Waals surface area contributed by atoms with Crippen molar-refractivity contribution in [3.05, 3.63) is 28.8 Å². The Kier molecular flexibility index (Phi) is 4.40. The maximum absolute atomic E-state index is 10.3. The molecule has 1 heteroatoms. The molecule has 0 bridgehead atoms. The largest absolute Gasteiger partial charge is 0.507 e. The van der Waals surface area contributed by atoms with E-state index in [4.69, 9.17) is 0 Å². The molecule has 0 heterocycles. The Hall–Kier alpha value is -0.980. The molecule has 0 aliphatic rings. The Balaban J connectivity index is 3.01. The molecule has 0 unspecified atom stereocenters. The van der Waals surface area contributed by atoms with Crippen LogP contribution in [0.15, 0.2) is 12.1 Å². The van der Waals surface area contributed by atoms with Crippen LogP contribution in [-0.4, -0.2) is 5.11 Å². The number of phenols is 1. The summed E-state index contributed by atoms with van der Waals surface area (Å²) >= 11 is 0. The number of rotatable bonds is 4. The van der Waals surface area contributed by atoms with Gasteiger partial charge in [-0.15, -0.1) is 0 Å². The van der Waals surface area contributed by atoms with Crippen LogP contribution in [0.5, 0.6) is 5.75 Å². The topological polar surface area (TPSA) is 20.2 Å². The normalized spacial score (nSPS) is 11.4. The molecule has 90 valence electrons. The zero-order valence-corrected chi connectivity index (χ0v) is 11.2. The first-order valence-electron chi connectivity index (χ1n) is 6.24.